The van der Waals surface area contributed by atoms with E-state index in [0.717, 1.165) is 13.0 Å². The van der Waals surface area contributed by atoms with Gasteiger partial charge in [-0.3, -0.25) is 0 Å². The summed E-state index contributed by atoms with van der Waals surface area (Å²) in [5.41, 5.74) is 6.66. The molecule has 0 fully saturated rings. The van der Waals surface area contributed by atoms with E-state index < -0.39 is 0 Å². The Kier molecular flexibility index (Phi) is 3.43. The predicted octanol–water partition coefficient (Wildman–Crippen LogP) is 1.36. The summed E-state index contributed by atoms with van der Waals surface area (Å²) in [5, 5.41) is 0. The monoisotopic (exact) mass is 162 g/mol. The molecule has 1 heterocycles. The number of nitrogens with two attached hydrogens (primary N) is 1. The molecule has 2 nitrogen and oxygen atoms in total. The molecule has 1 aromatic rings. The van der Waals surface area contributed by atoms with E-state index in [4.69, 9.17) is 5.73 Å². The molecule has 0 amide bonds. The van der Waals surface area contributed by atoms with E-state index in [1.165, 1.54) is 5.56 Å². The molecule has 0 aliphatic carbocycles. The Morgan fingerprint density at radius 3 is 3.00 bits per heavy atom. The van der Waals surface area contributed by atoms with Gasteiger partial charge in [0, 0.05) is 31.9 Å². The summed E-state index contributed by atoms with van der Waals surface area (Å²) in [4.78, 5) is 0. The Hall–Kier alpha value is -1.20. The molecule has 2 heteroatoms. The number of nitrogens with zero attached hydrogens (tertiary/aromatic N) is 1. The second-order valence-corrected chi connectivity index (χ2v) is 2.64. The Morgan fingerprint density at radius 2 is 2.42 bits per heavy atom. The van der Waals surface area contributed by atoms with E-state index in [9.17, 15) is 0 Å². The SMILES string of the molecule is CC#CCCn1ccc(CN)c1. The molecule has 0 saturated heterocycles. The van der Waals surface area contributed by atoms with Gasteiger partial charge in [0.1, 0.15) is 0 Å². The molecule has 0 atom stereocenters. The van der Waals surface area contributed by atoms with Crippen LogP contribution in [0.1, 0.15) is 18.9 Å². The van der Waals surface area contributed by atoms with Gasteiger partial charge in [0.05, 0.1) is 0 Å². The fraction of sp³-hybridized carbons (Fsp3) is 0.400. The highest BCUT2D eigenvalue weighted by Crippen LogP contribution is 2.00. The molecule has 0 spiro atoms. The molecule has 0 saturated carbocycles. The molecular weight excluding hydrogens is 148 g/mol. The van der Waals surface area contributed by atoms with Gasteiger partial charge in [-0.1, -0.05) is 0 Å². The van der Waals surface area contributed by atoms with E-state index in [1.54, 1.807) is 0 Å². The molecule has 0 aromatic carbocycles. The molecule has 2 N–H and O–H groups in total. The highest BCUT2D eigenvalue weighted by molar-refractivity contribution is 5.09. The van der Waals surface area contributed by atoms with Gasteiger partial charge in [0.25, 0.3) is 0 Å². The minimum Gasteiger partial charge on any atom is -0.353 e. The normalized spacial score (nSPS) is 9.17. The van der Waals surface area contributed by atoms with Gasteiger partial charge in [-0.15, -0.1) is 11.8 Å². The van der Waals surface area contributed by atoms with Gasteiger partial charge in [0.15, 0.2) is 0 Å². The first-order valence-corrected chi connectivity index (χ1v) is 4.11. The lowest BCUT2D eigenvalue weighted by Gasteiger charge is -1.96. The highest BCUT2D eigenvalue weighted by atomic mass is 14.9. The molecule has 0 radical (unpaired) electrons. The van der Waals surface area contributed by atoms with Crippen LogP contribution in [0.4, 0.5) is 0 Å². The van der Waals surface area contributed by atoms with Crippen molar-refractivity contribution < 1.29 is 0 Å². The third-order valence-corrected chi connectivity index (χ3v) is 1.72. The minimum absolute atomic E-state index is 0.618. The van der Waals surface area contributed by atoms with Crippen LogP contribution in [0.5, 0.6) is 0 Å². The quantitative estimate of drug-likeness (QED) is 0.668. The molecule has 0 aliphatic heterocycles. The van der Waals surface area contributed by atoms with E-state index in [1.807, 2.05) is 19.2 Å². The largest absolute Gasteiger partial charge is 0.353 e. The van der Waals surface area contributed by atoms with E-state index in [0.29, 0.717) is 6.54 Å². The summed E-state index contributed by atoms with van der Waals surface area (Å²) in [6.07, 6.45) is 5.02. The van der Waals surface area contributed by atoms with Crippen LogP contribution in [0, 0.1) is 11.8 Å². The maximum Gasteiger partial charge on any atom is 0.0329 e. The zero-order chi connectivity index (χ0) is 8.81. The van der Waals surface area contributed by atoms with Crippen molar-refractivity contribution in [2.45, 2.75) is 26.4 Å². The average molecular weight is 162 g/mol. The average Bonchev–Trinajstić information content (AvgIpc) is 2.53. The Labute approximate surface area is 73.4 Å². The number of hydrogen-bond acceptors (Lipinski definition) is 1. The van der Waals surface area contributed by atoms with Crippen molar-refractivity contribution in [2.75, 3.05) is 0 Å². The van der Waals surface area contributed by atoms with Gasteiger partial charge in [-0.05, 0) is 18.6 Å². The van der Waals surface area contributed by atoms with Gasteiger partial charge in [-0.25, -0.2) is 0 Å². The topological polar surface area (TPSA) is 30.9 Å². The smallest absolute Gasteiger partial charge is 0.0329 e. The molecular formula is C10H14N2. The second kappa shape index (κ2) is 4.63. The van der Waals surface area contributed by atoms with Gasteiger partial charge in [-0.2, -0.15) is 0 Å². The summed E-state index contributed by atoms with van der Waals surface area (Å²) in [6.45, 7) is 3.44. The van der Waals surface area contributed by atoms with E-state index >= 15 is 0 Å². The van der Waals surface area contributed by atoms with Gasteiger partial charge < -0.3 is 10.3 Å². The Balaban J connectivity index is 2.45. The lowest BCUT2D eigenvalue weighted by atomic mass is 10.3. The first-order chi connectivity index (χ1) is 5.86. The number of aromatic nitrogens is 1. The first kappa shape index (κ1) is 8.89. The fourth-order valence-electron chi connectivity index (χ4n) is 1.06. The predicted molar refractivity (Wildman–Crippen MR) is 50.4 cm³/mol. The summed E-state index contributed by atoms with van der Waals surface area (Å²) in [5.74, 6) is 5.89. The summed E-state index contributed by atoms with van der Waals surface area (Å²) < 4.78 is 2.12. The van der Waals surface area contributed by atoms with Crippen molar-refractivity contribution in [1.82, 2.24) is 4.57 Å². The summed E-state index contributed by atoms with van der Waals surface area (Å²) in [7, 11) is 0. The van der Waals surface area contributed by atoms with Crippen LogP contribution in [0.25, 0.3) is 0 Å². The molecule has 0 unspecified atom stereocenters. The van der Waals surface area contributed by atoms with Crippen molar-refractivity contribution in [1.29, 1.82) is 0 Å². The molecule has 64 valence electrons. The van der Waals surface area contributed by atoms with Crippen molar-refractivity contribution in [3.63, 3.8) is 0 Å². The molecule has 0 bridgehead atoms. The van der Waals surface area contributed by atoms with Crippen molar-refractivity contribution >= 4 is 0 Å². The van der Waals surface area contributed by atoms with Crippen molar-refractivity contribution in [3.05, 3.63) is 24.0 Å². The lowest BCUT2D eigenvalue weighted by Crippen LogP contribution is -1.95. The third kappa shape index (κ3) is 2.44. The van der Waals surface area contributed by atoms with Crippen LogP contribution in [-0.2, 0) is 13.1 Å². The standard InChI is InChI=1S/C10H14N2/c1-2-3-4-6-12-7-5-10(8-11)9-12/h5,7,9H,4,6,8,11H2,1H3. The maximum absolute atomic E-state index is 5.48. The zero-order valence-electron chi connectivity index (χ0n) is 7.38. The zero-order valence-corrected chi connectivity index (χ0v) is 7.38. The van der Waals surface area contributed by atoms with Crippen molar-refractivity contribution in [2.24, 2.45) is 5.73 Å². The number of aryl methyl sites for hydroxylation is 1. The minimum atomic E-state index is 0.618. The van der Waals surface area contributed by atoms with Crippen LogP contribution < -0.4 is 5.73 Å². The maximum atomic E-state index is 5.48. The van der Waals surface area contributed by atoms with E-state index in [2.05, 4.69) is 22.6 Å². The Morgan fingerprint density at radius 1 is 1.58 bits per heavy atom. The van der Waals surface area contributed by atoms with Crippen LogP contribution >= 0.6 is 0 Å². The van der Waals surface area contributed by atoms with Crippen LogP contribution in [0.3, 0.4) is 0 Å². The summed E-state index contributed by atoms with van der Waals surface area (Å²) >= 11 is 0. The number of rotatable bonds is 3. The first-order valence-electron chi connectivity index (χ1n) is 4.11. The van der Waals surface area contributed by atoms with Gasteiger partial charge >= 0.3 is 0 Å². The molecule has 1 rings (SSSR count). The molecule has 0 aliphatic rings. The van der Waals surface area contributed by atoms with E-state index in [-0.39, 0.29) is 0 Å². The van der Waals surface area contributed by atoms with Crippen LogP contribution in [0.15, 0.2) is 18.5 Å². The Bertz CT molecular complexity index is 288. The highest BCUT2D eigenvalue weighted by Gasteiger charge is 1.92. The fourth-order valence-corrected chi connectivity index (χ4v) is 1.06. The van der Waals surface area contributed by atoms with Crippen LogP contribution in [0.2, 0.25) is 0 Å². The van der Waals surface area contributed by atoms with Crippen molar-refractivity contribution in [3.8, 4) is 11.8 Å². The number of hydrogen-bond donors (Lipinski definition) is 1. The van der Waals surface area contributed by atoms with Gasteiger partial charge in [0.2, 0.25) is 0 Å². The third-order valence-electron chi connectivity index (χ3n) is 1.72. The summed E-state index contributed by atoms with van der Waals surface area (Å²) in [6, 6.07) is 2.04. The second-order valence-electron chi connectivity index (χ2n) is 2.64. The van der Waals surface area contributed by atoms with Crippen LogP contribution in [-0.4, -0.2) is 4.57 Å². The molecule has 1 aromatic heterocycles. The molecule has 12 heavy (non-hydrogen) atoms. The lowest BCUT2D eigenvalue weighted by molar-refractivity contribution is 0.722.